The van der Waals surface area contributed by atoms with E-state index in [0.29, 0.717) is 11.4 Å². The molecule has 1 aliphatic heterocycles. The number of para-hydroxylation sites is 1. The zero-order valence-electron chi connectivity index (χ0n) is 9.40. The van der Waals surface area contributed by atoms with E-state index in [-0.39, 0.29) is 24.7 Å². The molecule has 2 N–H and O–H groups in total. The van der Waals surface area contributed by atoms with Gasteiger partial charge in [-0.25, -0.2) is 0 Å². The topological polar surface area (TPSA) is 75.6 Å². The van der Waals surface area contributed by atoms with Crippen molar-refractivity contribution in [3.63, 3.8) is 0 Å². The highest BCUT2D eigenvalue weighted by molar-refractivity contribution is 5.97. The van der Waals surface area contributed by atoms with Crippen LogP contribution < -0.4 is 10.1 Å². The fourth-order valence-corrected chi connectivity index (χ4v) is 2.11. The molecule has 0 fully saturated rings. The van der Waals surface area contributed by atoms with Crippen molar-refractivity contribution in [2.75, 3.05) is 12.4 Å². The molecule has 1 atom stereocenters. The summed E-state index contributed by atoms with van der Waals surface area (Å²) in [7, 11) is 1.52. The lowest BCUT2D eigenvalue weighted by atomic mass is 9.88. The number of carboxylic acids is 1. The minimum atomic E-state index is -0.904. The van der Waals surface area contributed by atoms with Gasteiger partial charge in [0.15, 0.2) is 0 Å². The van der Waals surface area contributed by atoms with Gasteiger partial charge in [0, 0.05) is 12.3 Å². The Balaban J connectivity index is 2.43. The molecule has 90 valence electrons. The fraction of sp³-hybridized carbons (Fsp3) is 0.333. The van der Waals surface area contributed by atoms with E-state index in [1.54, 1.807) is 12.1 Å². The fourth-order valence-electron chi connectivity index (χ4n) is 2.11. The van der Waals surface area contributed by atoms with Gasteiger partial charge in [-0.2, -0.15) is 0 Å². The number of aliphatic carboxylic acids is 1. The van der Waals surface area contributed by atoms with Crippen LogP contribution in [0.3, 0.4) is 0 Å². The van der Waals surface area contributed by atoms with E-state index in [1.165, 1.54) is 7.11 Å². The SMILES string of the molecule is COc1cccc2c1NC(=O)CC2CC(=O)O. The highest BCUT2D eigenvalue weighted by atomic mass is 16.5. The van der Waals surface area contributed by atoms with Gasteiger partial charge in [0.05, 0.1) is 19.2 Å². The second kappa shape index (κ2) is 4.45. The van der Waals surface area contributed by atoms with Gasteiger partial charge in [-0.3, -0.25) is 9.59 Å². The van der Waals surface area contributed by atoms with E-state index in [9.17, 15) is 9.59 Å². The molecule has 1 heterocycles. The monoisotopic (exact) mass is 235 g/mol. The maximum atomic E-state index is 11.5. The number of methoxy groups -OCH3 is 1. The van der Waals surface area contributed by atoms with E-state index in [0.717, 1.165) is 5.56 Å². The number of fused-ring (bicyclic) bond motifs is 1. The molecule has 0 spiro atoms. The van der Waals surface area contributed by atoms with Crippen molar-refractivity contribution in [1.29, 1.82) is 0 Å². The van der Waals surface area contributed by atoms with Crippen LogP contribution in [-0.2, 0) is 9.59 Å². The van der Waals surface area contributed by atoms with Crippen LogP contribution in [0.15, 0.2) is 18.2 Å². The Hall–Kier alpha value is -2.04. The number of carbonyl (C=O) groups is 2. The summed E-state index contributed by atoms with van der Waals surface area (Å²) >= 11 is 0. The van der Waals surface area contributed by atoms with Crippen LogP contribution in [-0.4, -0.2) is 24.1 Å². The van der Waals surface area contributed by atoms with Crippen LogP contribution in [0, 0.1) is 0 Å². The predicted molar refractivity (Wildman–Crippen MR) is 61.2 cm³/mol. The van der Waals surface area contributed by atoms with Gasteiger partial charge in [-0.05, 0) is 11.6 Å². The molecule has 0 saturated carbocycles. The van der Waals surface area contributed by atoms with E-state index >= 15 is 0 Å². The highest BCUT2D eigenvalue weighted by Crippen LogP contribution is 2.39. The molecule has 1 amide bonds. The van der Waals surface area contributed by atoms with Crippen LogP contribution in [0.4, 0.5) is 5.69 Å². The summed E-state index contributed by atoms with van der Waals surface area (Å²) < 4.78 is 5.15. The average Bonchev–Trinajstić information content (AvgIpc) is 2.27. The van der Waals surface area contributed by atoms with Crippen molar-refractivity contribution < 1.29 is 19.4 Å². The second-order valence-corrected chi connectivity index (χ2v) is 3.97. The summed E-state index contributed by atoms with van der Waals surface area (Å²) in [6.45, 7) is 0. The molecule has 0 saturated heterocycles. The zero-order valence-corrected chi connectivity index (χ0v) is 9.40. The molecule has 5 nitrogen and oxygen atoms in total. The molecule has 2 rings (SSSR count). The number of rotatable bonds is 3. The first-order valence-corrected chi connectivity index (χ1v) is 5.30. The molecule has 1 aliphatic rings. The van der Waals surface area contributed by atoms with E-state index < -0.39 is 5.97 Å². The lowest BCUT2D eigenvalue weighted by Gasteiger charge is -2.25. The molecular weight excluding hydrogens is 222 g/mol. The molecule has 0 aromatic heterocycles. The maximum Gasteiger partial charge on any atom is 0.303 e. The number of carboxylic acid groups (broad SMARTS) is 1. The summed E-state index contributed by atoms with van der Waals surface area (Å²) in [5.74, 6) is -0.802. The van der Waals surface area contributed by atoms with Crippen LogP contribution in [0.5, 0.6) is 5.75 Å². The van der Waals surface area contributed by atoms with Crippen LogP contribution >= 0.6 is 0 Å². The molecule has 0 bridgehead atoms. The maximum absolute atomic E-state index is 11.5. The smallest absolute Gasteiger partial charge is 0.303 e. The van der Waals surface area contributed by atoms with Crippen molar-refractivity contribution >= 4 is 17.6 Å². The summed E-state index contributed by atoms with van der Waals surface area (Å²) in [5, 5.41) is 11.6. The molecule has 0 aliphatic carbocycles. The number of carbonyl (C=O) groups excluding carboxylic acids is 1. The van der Waals surface area contributed by atoms with Gasteiger partial charge < -0.3 is 15.2 Å². The largest absolute Gasteiger partial charge is 0.495 e. The van der Waals surface area contributed by atoms with E-state index in [4.69, 9.17) is 9.84 Å². The Morgan fingerprint density at radius 2 is 2.35 bits per heavy atom. The number of nitrogens with one attached hydrogen (secondary N) is 1. The lowest BCUT2D eigenvalue weighted by Crippen LogP contribution is -2.24. The minimum Gasteiger partial charge on any atom is -0.495 e. The van der Waals surface area contributed by atoms with Crippen LogP contribution in [0.25, 0.3) is 0 Å². The van der Waals surface area contributed by atoms with Crippen molar-refractivity contribution in [3.8, 4) is 5.75 Å². The number of hydrogen-bond acceptors (Lipinski definition) is 3. The first kappa shape index (κ1) is 11.4. The minimum absolute atomic E-state index is 0.0480. The molecule has 1 unspecified atom stereocenters. The van der Waals surface area contributed by atoms with Crippen molar-refractivity contribution in [3.05, 3.63) is 23.8 Å². The van der Waals surface area contributed by atoms with Gasteiger partial charge in [-0.1, -0.05) is 12.1 Å². The number of amides is 1. The standard InChI is InChI=1S/C12H13NO4/c1-17-9-4-2-3-8-7(6-11(15)16)5-10(14)13-12(8)9/h2-4,7H,5-6H2,1H3,(H,13,14)(H,15,16). The Morgan fingerprint density at radius 1 is 1.59 bits per heavy atom. The normalized spacial score (nSPS) is 18.2. The number of hydrogen-bond donors (Lipinski definition) is 2. The van der Waals surface area contributed by atoms with Crippen LogP contribution in [0.2, 0.25) is 0 Å². The van der Waals surface area contributed by atoms with E-state index in [2.05, 4.69) is 5.32 Å². The second-order valence-electron chi connectivity index (χ2n) is 3.97. The Bertz CT molecular complexity index is 470. The summed E-state index contributed by atoms with van der Waals surface area (Å²) in [4.78, 5) is 22.3. The molecule has 1 aromatic rings. The quantitative estimate of drug-likeness (QED) is 0.834. The molecule has 1 aromatic carbocycles. The zero-order chi connectivity index (χ0) is 12.4. The third kappa shape index (κ3) is 2.22. The predicted octanol–water partition coefficient (Wildman–Crippen LogP) is 1.60. The first-order valence-electron chi connectivity index (χ1n) is 5.30. The Labute approximate surface area is 98.4 Å². The summed E-state index contributed by atoms with van der Waals surface area (Å²) in [5.41, 5.74) is 1.42. The lowest BCUT2D eigenvalue weighted by molar-refractivity contribution is -0.137. The van der Waals surface area contributed by atoms with Gasteiger partial charge >= 0.3 is 5.97 Å². The van der Waals surface area contributed by atoms with Crippen molar-refractivity contribution in [2.24, 2.45) is 0 Å². The van der Waals surface area contributed by atoms with Crippen molar-refractivity contribution in [2.45, 2.75) is 18.8 Å². The van der Waals surface area contributed by atoms with Gasteiger partial charge in [0.25, 0.3) is 0 Å². The molecule has 0 radical (unpaired) electrons. The summed E-state index contributed by atoms with van der Waals surface area (Å²) in [6.07, 6.45) is 0.153. The summed E-state index contributed by atoms with van der Waals surface area (Å²) in [6, 6.07) is 5.36. The number of ether oxygens (including phenoxy) is 1. The number of anilines is 1. The molecule has 17 heavy (non-hydrogen) atoms. The van der Waals surface area contributed by atoms with Gasteiger partial charge in [0.2, 0.25) is 5.91 Å². The number of benzene rings is 1. The highest BCUT2D eigenvalue weighted by Gasteiger charge is 2.28. The Morgan fingerprint density at radius 3 is 3.00 bits per heavy atom. The third-order valence-electron chi connectivity index (χ3n) is 2.84. The average molecular weight is 235 g/mol. The third-order valence-corrected chi connectivity index (χ3v) is 2.84. The molecule has 5 heteroatoms. The Kier molecular flexibility index (Phi) is 2.99. The van der Waals surface area contributed by atoms with Crippen LogP contribution in [0.1, 0.15) is 24.3 Å². The van der Waals surface area contributed by atoms with Gasteiger partial charge in [-0.15, -0.1) is 0 Å². The van der Waals surface area contributed by atoms with E-state index in [1.807, 2.05) is 6.07 Å². The molecular formula is C12H13NO4. The van der Waals surface area contributed by atoms with Crippen molar-refractivity contribution in [1.82, 2.24) is 0 Å². The first-order chi connectivity index (χ1) is 8.11. The van der Waals surface area contributed by atoms with Gasteiger partial charge in [0.1, 0.15) is 5.75 Å².